The number of Topliss-reactive ketones (excluding diaryl/α,β-unsaturated/α-hetero) is 1. The van der Waals surface area contributed by atoms with E-state index in [1.165, 1.54) is 10.9 Å². The third-order valence-electron chi connectivity index (χ3n) is 2.70. The van der Waals surface area contributed by atoms with E-state index in [9.17, 15) is 4.79 Å². The fraction of sp³-hybridized carbons (Fsp3) is 0.600. The molecule has 4 nitrogen and oxygen atoms in total. The smallest absolute Gasteiger partial charge is 0.187 e. The Hall–Kier alpha value is -0.870. The van der Waals surface area contributed by atoms with Gasteiger partial charge >= 0.3 is 0 Å². The van der Waals surface area contributed by atoms with Crippen molar-refractivity contribution in [2.45, 2.75) is 19.4 Å². The molecule has 2 unspecified atom stereocenters. The van der Waals surface area contributed by atoms with Gasteiger partial charge in [0.05, 0.1) is 23.9 Å². The first kappa shape index (κ1) is 10.6. The predicted molar refractivity (Wildman–Crippen MR) is 56.1 cm³/mol. The Labute approximate surface area is 93.2 Å². The summed E-state index contributed by atoms with van der Waals surface area (Å²) >= 11 is 5.91. The molecule has 0 amide bonds. The van der Waals surface area contributed by atoms with E-state index < -0.39 is 0 Å². The lowest BCUT2D eigenvalue weighted by molar-refractivity contribution is 0.0869. The summed E-state index contributed by atoms with van der Waals surface area (Å²) in [6.07, 6.45) is 2.42. The Kier molecular flexibility index (Phi) is 2.80. The van der Waals surface area contributed by atoms with E-state index in [1.807, 2.05) is 6.92 Å². The summed E-state index contributed by atoms with van der Waals surface area (Å²) < 4.78 is 6.89. The van der Waals surface area contributed by atoms with Crippen LogP contribution in [0.25, 0.3) is 0 Å². The van der Waals surface area contributed by atoms with Crippen LogP contribution in [0.15, 0.2) is 6.20 Å². The first-order chi connectivity index (χ1) is 7.09. The number of rotatable bonds is 2. The topological polar surface area (TPSA) is 44.1 Å². The molecule has 15 heavy (non-hydrogen) atoms. The number of ether oxygens (including phenoxy) is 1. The Balaban J connectivity index is 2.21. The number of nitrogens with zero attached hydrogens (tertiary/aromatic N) is 2. The maximum Gasteiger partial charge on any atom is 0.187 e. The van der Waals surface area contributed by atoms with Crippen molar-refractivity contribution in [2.75, 3.05) is 6.61 Å². The first-order valence-electron chi connectivity index (χ1n) is 4.93. The van der Waals surface area contributed by atoms with Crippen molar-refractivity contribution in [2.24, 2.45) is 13.0 Å². The Bertz CT molecular complexity index is 369. The maximum atomic E-state index is 12.1. The number of hydrogen-bond donors (Lipinski definition) is 0. The quantitative estimate of drug-likeness (QED) is 0.724. The number of hydrogen-bond acceptors (Lipinski definition) is 3. The minimum Gasteiger partial charge on any atom is -0.378 e. The van der Waals surface area contributed by atoms with Crippen LogP contribution in [0.5, 0.6) is 0 Å². The molecule has 1 aromatic heterocycles. The monoisotopic (exact) mass is 228 g/mol. The maximum absolute atomic E-state index is 12.1. The third kappa shape index (κ3) is 1.92. The van der Waals surface area contributed by atoms with Gasteiger partial charge in [0, 0.05) is 13.0 Å². The highest BCUT2D eigenvalue weighted by Crippen LogP contribution is 2.25. The summed E-state index contributed by atoms with van der Waals surface area (Å²) in [5, 5.41) is 4.37. The molecule has 1 aliphatic rings. The molecule has 1 saturated heterocycles. The molecule has 0 aromatic carbocycles. The van der Waals surface area contributed by atoms with Crippen LogP contribution >= 0.6 is 11.6 Å². The highest BCUT2D eigenvalue weighted by atomic mass is 35.5. The van der Waals surface area contributed by atoms with E-state index in [0.717, 1.165) is 6.42 Å². The van der Waals surface area contributed by atoms with Gasteiger partial charge in [0.15, 0.2) is 5.78 Å². The molecule has 2 rings (SSSR count). The molecule has 0 bridgehead atoms. The van der Waals surface area contributed by atoms with E-state index in [1.54, 1.807) is 7.05 Å². The molecule has 0 radical (unpaired) electrons. The zero-order valence-electron chi connectivity index (χ0n) is 8.74. The average Bonchev–Trinajstić information content (AvgIpc) is 2.73. The number of halogens is 1. The van der Waals surface area contributed by atoms with Crippen molar-refractivity contribution >= 4 is 17.4 Å². The molecule has 0 spiro atoms. The predicted octanol–water partition coefficient (Wildman–Crippen LogP) is 1.68. The summed E-state index contributed by atoms with van der Waals surface area (Å²) in [4.78, 5) is 12.1. The normalized spacial score (nSPS) is 25.8. The highest BCUT2D eigenvalue weighted by molar-refractivity contribution is 6.33. The molecule has 2 atom stereocenters. The van der Waals surface area contributed by atoms with Crippen LogP contribution in [0.1, 0.15) is 23.8 Å². The van der Waals surface area contributed by atoms with Crippen LogP contribution < -0.4 is 0 Å². The van der Waals surface area contributed by atoms with Crippen LogP contribution in [-0.2, 0) is 11.8 Å². The third-order valence-corrected chi connectivity index (χ3v) is 2.97. The lowest BCUT2D eigenvalue weighted by Gasteiger charge is -2.07. The molecule has 1 aliphatic heterocycles. The number of aryl methyl sites for hydroxylation is 1. The van der Waals surface area contributed by atoms with Crippen LogP contribution in [0.4, 0.5) is 0 Å². The molecule has 82 valence electrons. The Morgan fingerprint density at radius 2 is 2.47 bits per heavy atom. The van der Waals surface area contributed by atoms with E-state index in [0.29, 0.717) is 17.3 Å². The molecule has 1 aromatic rings. The van der Waals surface area contributed by atoms with Gasteiger partial charge in [-0.15, -0.1) is 0 Å². The van der Waals surface area contributed by atoms with Gasteiger partial charge in [-0.05, 0) is 13.3 Å². The second-order valence-electron chi connectivity index (χ2n) is 3.91. The SMILES string of the molecule is CC1CC(C(=O)c2c(Cl)cnn2C)CO1. The van der Waals surface area contributed by atoms with Gasteiger partial charge in [-0.1, -0.05) is 11.6 Å². The van der Waals surface area contributed by atoms with Gasteiger partial charge in [-0.3, -0.25) is 9.48 Å². The second-order valence-corrected chi connectivity index (χ2v) is 4.31. The zero-order valence-corrected chi connectivity index (χ0v) is 9.49. The first-order valence-corrected chi connectivity index (χ1v) is 5.30. The van der Waals surface area contributed by atoms with Gasteiger partial charge in [0.25, 0.3) is 0 Å². The van der Waals surface area contributed by atoms with Crippen molar-refractivity contribution in [1.82, 2.24) is 9.78 Å². The van der Waals surface area contributed by atoms with E-state index in [-0.39, 0.29) is 17.8 Å². The lowest BCUT2D eigenvalue weighted by atomic mass is 9.99. The molecular formula is C10H13ClN2O2. The van der Waals surface area contributed by atoms with Crippen LogP contribution in [0, 0.1) is 5.92 Å². The summed E-state index contributed by atoms with van der Waals surface area (Å²) in [6, 6.07) is 0. The molecular weight excluding hydrogens is 216 g/mol. The molecule has 0 saturated carbocycles. The standard InChI is InChI=1S/C10H13ClN2O2/c1-6-3-7(5-15-6)10(14)9-8(11)4-12-13(9)2/h4,6-7H,3,5H2,1-2H3. The van der Waals surface area contributed by atoms with Gasteiger partial charge in [0.1, 0.15) is 5.69 Å². The van der Waals surface area contributed by atoms with E-state index in [2.05, 4.69) is 5.10 Å². The number of carbonyl (C=O) groups is 1. The van der Waals surface area contributed by atoms with Crippen molar-refractivity contribution in [1.29, 1.82) is 0 Å². The molecule has 0 aliphatic carbocycles. The largest absolute Gasteiger partial charge is 0.378 e. The fourth-order valence-corrected chi connectivity index (χ4v) is 2.14. The number of aromatic nitrogens is 2. The molecule has 1 fully saturated rings. The van der Waals surface area contributed by atoms with Crippen molar-refractivity contribution in [3.8, 4) is 0 Å². The van der Waals surface area contributed by atoms with Gasteiger partial charge in [-0.2, -0.15) is 5.10 Å². The van der Waals surface area contributed by atoms with Crippen molar-refractivity contribution in [3.05, 3.63) is 16.9 Å². The zero-order chi connectivity index (χ0) is 11.0. The highest BCUT2D eigenvalue weighted by Gasteiger charge is 2.31. The Morgan fingerprint density at radius 3 is 2.93 bits per heavy atom. The summed E-state index contributed by atoms with van der Waals surface area (Å²) in [6.45, 7) is 2.46. The van der Waals surface area contributed by atoms with E-state index in [4.69, 9.17) is 16.3 Å². The average molecular weight is 229 g/mol. The van der Waals surface area contributed by atoms with E-state index >= 15 is 0 Å². The van der Waals surface area contributed by atoms with Crippen molar-refractivity contribution < 1.29 is 9.53 Å². The van der Waals surface area contributed by atoms with Crippen molar-refractivity contribution in [3.63, 3.8) is 0 Å². The Morgan fingerprint density at radius 1 is 1.73 bits per heavy atom. The fourth-order valence-electron chi connectivity index (χ4n) is 1.88. The summed E-state index contributed by atoms with van der Waals surface area (Å²) in [5.41, 5.74) is 0.486. The molecule has 2 heterocycles. The molecule has 5 heteroatoms. The van der Waals surface area contributed by atoms with Gasteiger partial charge in [-0.25, -0.2) is 0 Å². The lowest BCUT2D eigenvalue weighted by Crippen LogP contribution is -2.18. The summed E-state index contributed by atoms with van der Waals surface area (Å²) in [7, 11) is 1.72. The van der Waals surface area contributed by atoms with Crippen LogP contribution in [-0.4, -0.2) is 28.3 Å². The van der Waals surface area contributed by atoms with Gasteiger partial charge in [0.2, 0.25) is 0 Å². The second kappa shape index (κ2) is 3.94. The van der Waals surface area contributed by atoms with Crippen LogP contribution in [0.2, 0.25) is 5.02 Å². The minimum atomic E-state index is -0.0760. The molecule has 0 N–H and O–H groups in total. The minimum absolute atomic E-state index is 0.0318. The van der Waals surface area contributed by atoms with Crippen LogP contribution in [0.3, 0.4) is 0 Å². The summed E-state index contributed by atoms with van der Waals surface area (Å²) in [5.74, 6) is -0.0442. The number of ketones is 1. The number of carbonyl (C=O) groups excluding carboxylic acids is 1. The van der Waals surface area contributed by atoms with Gasteiger partial charge < -0.3 is 4.74 Å².